The van der Waals surface area contributed by atoms with E-state index in [9.17, 15) is 19.7 Å². The second-order valence-electron chi connectivity index (χ2n) is 5.83. The standard InChI is InChI=1S/C20H16N2O7/c1-27-14-7-8-15(16(11-14)22(25)26)17-9-10-18(29-17)19(23)21-13-5-3-12(4-6-13)20(24)28-2/h3-11H,1-2H3,(H,21,23). The van der Waals surface area contributed by atoms with Gasteiger partial charge in [0, 0.05) is 5.69 Å². The summed E-state index contributed by atoms with van der Waals surface area (Å²) in [7, 11) is 2.69. The van der Waals surface area contributed by atoms with Gasteiger partial charge in [-0.3, -0.25) is 14.9 Å². The summed E-state index contributed by atoms with van der Waals surface area (Å²) in [5.41, 5.74) is 0.801. The molecule has 0 fully saturated rings. The third-order valence-electron chi connectivity index (χ3n) is 4.06. The molecule has 0 radical (unpaired) electrons. The van der Waals surface area contributed by atoms with Gasteiger partial charge in [-0.05, 0) is 48.5 Å². The van der Waals surface area contributed by atoms with E-state index >= 15 is 0 Å². The summed E-state index contributed by atoms with van der Waals surface area (Å²) in [4.78, 5) is 34.6. The number of hydrogen-bond acceptors (Lipinski definition) is 7. The van der Waals surface area contributed by atoms with Crippen LogP contribution >= 0.6 is 0 Å². The van der Waals surface area contributed by atoms with Crippen molar-refractivity contribution >= 4 is 23.3 Å². The van der Waals surface area contributed by atoms with Crippen LogP contribution in [0.25, 0.3) is 11.3 Å². The summed E-state index contributed by atoms with van der Waals surface area (Å²) < 4.78 is 15.1. The highest BCUT2D eigenvalue weighted by Crippen LogP contribution is 2.34. The summed E-state index contributed by atoms with van der Waals surface area (Å²) in [5, 5.41) is 14.0. The fourth-order valence-electron chi connectivity index (χ4n) is 2.60. The molecule has 0 spiro atoms. The molecule has 1 N–H and O–H groups in total. The number of nitrogens with zero attached hydrogens (tertiary/aromatic N) is 1. The lowest BCUT2D eigenvalue weighted by Gasteiger charge is -2.05. The number of esters is 1. The lowest BCUT2D eigenvalue weighted by atomic mass is 10.1. The van der Waals surface area contributed by atoms with Gasteiger partial charge in [-0.2, -0.15) is 0 Å². The number of carbonyl (C=O) groups is 2. The van der Waals surface area contributed by atoms with E-state index in [0.717, 1.165) is 0 Å². The summed E-state index contributed by atoms with van der Waals surface area (Å²) in [6, 6.07) is 13.3. The Morgan fingerprint density at radius 2 is 1.76 bits per heavy atom. The topological polar surface area (TPSA) is 121 Å². The minimum atomic E-state index is -0.553. The van der Waals surface area contributed by atoms with Gasteiger partial charge >= 0.3 is 5.97 Å². The smallest absolute Gasteiger partial charge is 0.337 e. The van der Waals surface area contributed by atoms with Gasteiger partial charge in [0.2, 0.25) is 0 Å². The Morgan fingerprint density at radius 1 is 1.03 bits per heavy atom. The third kappa shape index (κ3) is 4.24. The minimum absolute atomic E-state index is 0.0258. The Hall–Kier alpha value is -4.14. The van der Waals surface area contributed by atoms with Gasteiger partial charge in [-0.25, -0.2) is 4.79 Å². The van der Waals surface area contributed by atoms with Gasteiger partial charge < -0.3 is 19.2 Å². The van der Waals surface area contributed by atoms with E-state index in [0.29, 0.717) is 17.0 Å². The molecule has 0 atom stereocenters. The van der Waals surface area contributed by atoms with Gasteiger partial charge in [0.1, 0.15) is 11.5 Å². The number of nitro benzene ring substituents is 1. The minimum Gasteiger partial charge on any atom is -0.497 e. The van der Waals surface area contributed by atoms with Crippen LogP contribution in [0.3, 0.4) is 0 Å². The van der Waals surface area contributed by atoms with Gasteiger partial charge in [-0.1, -0.05) is 0 Å². The van der Waals surface area contributed by atoms with Crippen LogP contribution in [0.2, 0.25) is 0 Å². The number of nitrogens with one attached hydrogen (secondary N) is 1. The normalized spacial score (nSPS) is 10.3. The van der Waals surface area contributed by atoms with E-state index in [-0.39, 0.29) is 22.8 Å². The van der Waals surface area contributed by atoms with E-state index in [2.05, 4.69) is 10.1 Å². The molecule has 3 aromatic rings. The van der Waals surface area contributed by atoms with Crippen molar-refractivity contribution in [3.05, 3.63) is 76.0 Å². The Balaban J connectivity index is 1.80. The first-order valence-electron chi connectivity index (χ1n) is 8.35. The van der Waals surface area contributed by atoms with E-state index in [1.54, 1.807) is 18.2 Å². The number of anilines is 1. The molecule has 1 aromatic heterocycles. The predicted molar refractivity (Wildman–Crippen MR) is 103 cm³/mol. The molecule has 0 saturated heterocycles. The van der Waals surface area contributed by atoms with Crippen LogP contribution in [0.15, 0.2) is 59.0 Å². The number of amides is 1. The molecule has 0 aliphatic rings. The zero-order valence-electron chi connectivity index (χ0n) is 15.5. The van der Waals surface area contributed by atoms with Crippen molar-refractivity contribution in [1.82, 2.24) is 0 Å². The number of methoxy groups -OCH3 is 2. The molecule has 0 unspecified atom stereocenters. The molecule has 0 aliphatic carbocycles. The largest absolute Gasteiger partial charge is 0.497 e. The fraction of sp³-hybridized carbons (Fsp3) is 0.100. The fourth-order valence-corrected chi connectivity index (χ4v) is 2.60. The lowest BCUT2D eigenvalue weighted by Crippen LogP contribution is -2.11. The molecule has 0 aliphatic heterocycles. The summed E-state index contributed by atoms with van der Waals surface area (Å²) in [5.74, 6) is -0.550. The van der Waals surface area contributed by atoms with Crippen LogP contribution in [-0.2, 0) is 4.74 Å². The van der Waals surface area contributed by atoms with Crippen molar-refractivity contribution < 1.29 is 28.4 Å². The molecule has 9 nitrogen and oxygen atoms in total. The van der Waals surface area contributed by atoms with Crippen molar-refractivity contribution in [2.75, 3.05) is 19.5 Å². The molecular formula is C20H16N2O7. The van der Waals surface area contributed by atoms with Gasteiger partial charge in [0.25, 0.3) is 11.6 Å². The molecule has 29 heavy (non-hydrogen) atoms. The molecule has 148 valence electrons. The second-order valence-corrected chi connectivity index (χ2v) is 5.83. The first kappa shape index (κ1) is 19.6. The number of ether oxygens (including phenoxy) is 2. The maximum Gasteiger partial charge on any atom is 0.337 e. The molecule has 1 heterocycles. The van der Waals surface area contributed by atoms with Gasteiger partial charge in [0.05, 0.1) is 36.3 Å². The van der Waals surface area contributed by atoms with Gasteiger partial charge in [0.15, 0.2) is 5.76 Å². The highest BCUT2D eigenvalue weighted by atomic mass is 16.6. The number of rotatable bonds is 6. The van der Waals surface area contributed by atoms with Crippen molar-refractivity contribution in [3.63, 3.8) is 0 Å². The molecule has 1 amide bonds. The van der Waals surface area contributed by atoms with E-state index < -0.39 is 16.8 Å². The number of furan rings is 1. The average Bonchev–Trinajstić information content (AvgIpc) is 3.23. The molecule has 9 heteroatoms. The van der Waals surface area contributed by atoms with E-state index in [1.165, 1.54) is 50.6 Å². The van der Waals surface area contributed by atoms with Gasteiger partial charge in [-0.15, -0.1) is 0 Å². The number of nitro groups is 1. The maximum atomic E-state index is 12.4. The Morgan fingerprint density at radius 3 is 2.38 bits per heavy atom. The summed E-state index contributed by atoms with van der Waals surface area (Å²) >= 11 is 0. The Bertz CT molecular complexity index is 1070. The quantitative estimate of drug-likeness (QED) is 0.381. The van der Waals surface area contributed by atoms with Crippen LogP contribution < -0.4 is 10.1 Å². The maximum absolute atomic E-state index is 12.4. The molecule has 2 aromatic carbocycles. The monoisotopic (exact) mass is 396 g/mol. The van der Waals surface area contributed by atoms with Crippen LogP contribution in [0.4, 0.5) is 11.4 Å². The average molecular weight is 396 g/mol. The second kappa shape index (κ2) is 8.26. The van der Waals surface area contributed by atoms with Crippen LogP contribution in [-0.4, -0.2) is 31.0 Å². The molecule has 0 bridgehead atoms. The Labute approximate surface area is 165 Å². The molecule has 3 rings (SSSR count). The van der Waals surface area contributed by atoms with Crippen molar-refractivity contribution in [2.45, 2.75) is 0 Å². The summed E-state index contributed by atoms with van der Waals surface area (Å²) in [6.45, 7) is 0. The highest BCUT2D eigenvalue weighted by Gasteiger charge is 2.21. The lowest BCUT2D eigenvalue weighted by molar-refractivity contribution is -0.384. The van der Waals surface area contributed by atoms with Crippen LogP contribution in [0, 0.1) is 10.1 Å². The first-order valence-corrected chi connectivity index (χ1v) is 8.35. The number of benzene rings is 2. The van der Waals surface area contributed by atoms with Crippen molar-refractivity contribution in [2.24, 2.45) is 0 Å². The number of hydrogen-bond donors (Lipinski definition) is 1. The van der Waals surface area contributed by atoms with Crippen LogP contribution in [0.1, 0.15) is 20.9 Å². The van der Waals surface area contributed by atoms with E-state index in [4.69, 9.17) is 9.15 Å². The SMILES string of the molecule is COC(=O)c1ccc(NC(=O)c2ccc(-c3ccc(OC)cc3[N+](=O)[O-])o2)cc1. The highest BCUT2D eigenvalue weighted by molar-refractivity contribution is 6.03. The van der Waals surface area contributed by atoms with Crippen molar-refractivity contribution in [1.29, 1.82) is 0 Å². The zero-order chi connectivity index (χ0) is 21.0. The summed E-state index contributed by atoms with van der Waals surface area (Å²) in [6.07, 6.45) is 0. The van der Waals surface area contributed by atoms with Crippen LogP contribution in [0.5, 0.6) is 5.75 Å². The van der Waals surface area contributed by atoms with E-state index in [1.807, 2.05) is 0 Å². The molecular weight excluding hydrogens is 380 g/mol. The predicted octanol–water partition coefficient (Wildman–Crippen LogP) is 3.90. The zero-order valence-corrected chi connectivity index (χ0v) is 15.5. The number of carbonyl (C=O) groups excluding carboxylic acids is 2. The first-order chi connectivity index (χ1) is 13.9. The Kier molecular flexibility index (Phi) is 5.59. The third-order valence-corrected chi connectivity index (χ3v) is 4.06. The van der Waals surface area contributed by atoms with Crippen molar-refractivity contribution in [3.8, 4) is 17.1 Å². The molecule has 0 saturated carbocycles.